The Kier molecular flexibility index (Phi) is 3.05. The van der Waals surface area contributed by atoms with Crippen LogP contribution in [0.5, 0.6) is 0 Å². The number of hydrogen-bond acceptors (Lipinski definition) is 2. The smallest absolute Gasteiger partial charge is 0.142 e. The lowest BCUT2D eigenvalue weighted by molar-refractivity contribution is 0.624. The highest BCUT2D eigenvalue weighted by atomic mass is 35.5. The van der Waals surface area contributed by atoms with Gasteiger partial charge in [0.1, 0.15) is 5.82 Å². The van der Waals surface area contributed by atoms with Crippen LogP contribution >= 0.6 is 22.9 Å². The third kappa shape index (κ3) is 2.04. The van der Waals surface area contributed by atoms with Gasteiger partial charge < -0.3 is 5.73 Å². The predicted octanol–water partition coefficient (Wildman–Crippen LogP) is 3.59. The van der Waals surface area contributed by atoms with E-state index in [4.69, 9.17) is 17.3 Å². The van der Waals surface area contributed by atoms with Gasteiger partial charge in [0.15, 0.2) is 0 Å². The molecule has 2 rings (SSSR count). The molecule has 0 amide bonds. The molecule has 0 spiro atoms. The van der Waals surface area contributed by atoms with Crippen LogP contribution in [0.1, 0.15) is 16.5 Å². The second-order valence-electron chi connectivity index (χ2n) is 3.14. The highest BCUT2D eigenvalue weighted by Gasteiger charge is 2.15. The molecule has 0 saturated carbocycles. The number of halogens is 2. The van der Waals surface area contributed by atoms with Crippen molar-refractivity contribution in [2.75, 3.05) is 0 Å². The first-order valence-corrected chi connectivity index (χ1v) is 5.69. The summed E-state index contributed by atoms with van der Waals surface area (Å²) in [4.78, 5) is 0.975. The molecule has 0 radical (unpaired) electrons. The molecule has 1 aromatic carbocycles. The van der Waals surface area contributed by atoms with Crippen LogP contribution in [0.3, 0.4) is 0 Å². The molecule has 0 fully saturated rings. The summed E-state index contributed by atoms with van der Waals surface area (Å²) in [5, 5.41) is 2.04. The number of nitrogens with two attached hydrogens (primary N) is 1. The fraction of sp³-hybridized carbons (Fsp3) is 0.0909. The Morgan fingerprint density at radius 3 is 2.73 bits per heavy atom. The van der Waals surface area contributed by atoms with Crippen molar-refractivity contribution in [3.05, 3.63) is 57.0 Å². The van der Waals surface area contributed by atoms with Crippen LogP contribution in [0.25, 0.3) is 0 Å². The molecule has 1 atom stereocenters. The quantitative estimate of drug-likeness (QED) is 0.855. The normalized spacial score (nSPS) is 12.7. The van der Waals surface area contributed by atoms with E-state index in [0.717, 1.165) is 4.88 Å². The van der Waals surface area contributed by atoms with E-state index in [1.165, 1.54) is 17.4 Å². The minimum absolute atomic E-state index is 0.110. The van der Waals surface area contributed by atoms with E-state index in [2.05, 4.69) is 0 Å². The molecular weight excluding hydrogens is 233 g/mol. The first-order valence-electron chi connectivity index (χ1n) is 4.43. The van der Waals surface area contributed by atoms with Gasteiger partial charge in [0, 0.05) is 4.88 Å². The van der Waals surface area contributed by atoms with Crippen LogP contribution in [0.15, 0.2) is 35.7 Å². The summed E-state index contributed by atoms with van der Waals surface area (Å²) >= 11 is 7.39. The molecule has 0 unspecified atom stereocenters. The molecule has 2 aromatic rings. The highest BCUT2D eigenvalue weighted by molar-refractivity contribution is 7.10. The lowest BCUT2D eigenvalue weighted by Crippen LogP contribution is -2.11. The Labute approximate surface area is 96.3 Å². The van der Waals surface area contributed by atoms with Crippen molar-refractivity contribution < 1.29 is 4.39 Å². The lowest BCUT2D eigenvalue weighted by Gasteiger charge is -2.12. The highest BCUT2D eigenvalue weighted by Crippen LogP contribution is 2.30. The van der Waals surface area contributed by atoms with Crippen LogP contribution in [0, 0.1) is 5.82 Å². The standard InChI is InChI=1S/C11H9ClFNS/c12-10-7(3-1-4-8(10)13)11(14)9-5-2-6-15-9/h1-6,11H,14H2/t11-/m0/s1. The van der Waals surface area contributed by atoms with E-state index in [9.17, 15) is 4.39 Å². The second kappa shape index (κ2) is 4.31. The van der Waals surface area contributed by atoms with E-state index in [1.807, 2.05) is 17.5 Å². The molecule has 78 valence electrons. The second-order valence-corrected chi connectivity index (χ2v) is 4.49. The number of thiophene rings is 1. The molecule has 0 aliphatic heterocycles. The van der Waals surface area contributed by atoms with Crippen molar-refractivity contribution in [1.29, 1.82) is 0 Å². The van der Waals surface area contributed by atoms with Crippen LogP contribution in [-0.4, -0.2) is 0 Å². The molecular formula is C11H9ClFNS. The number of hydrogen-bond donors (Lipinski definition) is 1. The summed E-state index contributed by atoms with van der Waals surface area (Å²) in [6.07, 6.45) is 0. The first kappa shape index (κ1) is 10.6. The summed E-state index contributed by atoms with van der Waals surface area (Å²) in [6, 6.07) is 8.16. The van der Waals surface area contributed by atoms with Crippen molar-refractivity contribution in [1.82, 2.24) is 0 Å². The average Bonchev–Trinajstić information content (AvgIpc) is 2.74. The summed E-state index contributed by atoms with van der Waals surface area (Å²) in [6.45, 7) is 0. The van der Waals surface area contributed by atoms with Crippen molar-refractivity contribution >= 4 is 22.9 Å². The first-order chi connectivity index (χ1) is 7.20. The largest absolute Gasteiger partial charge is 0.320 e. The topological polar surface area (TPSA) is 26.0 Å². The monoisotopic (exact) mass is 241 g/mol. The van der Waals surface area contributed by atoms with Gasteiger partial charge in [0.05, 0.1) is 11.1 Å². The molecule has 15 heavy (non-hydrogen) atoms. The van der Waals surface area contributed by atoms with Gasteiger partial charge in [-0.25, -0.2) is 4.39 Å². The maximum absolute atomic E-state index is 13.2. The van der Waals surface area contributed by atoms with Gasteiger partial charge >= 0.3 is 0 Å². The maximum Gasteiger partial charge on any atom is 0.142 e. The van der Waals surface area contributed by atoms with E-state index in [1.54, 1.807) is 12.1 Å². The molecule has 2 N–H and O–H groups in total. The van der Waals surface area contributed by atoms with Crippen LogP contribution in [0.2, 0.25) is 5.02 Å². The molecule has 0 bridgehead atoms. The molecule has 1 nitrogen and oxygen atoms in total. The summed E-state index contributed by atoms with van der Waals surface area (Å²) in [5.41, 5.74) is 6.61. The Morgan fingerprint density at radius 1 is 1.27 bits per heavy atom. The SMILES string of the molecule is N[C@H](c1cccs1)c1cccc(F)c1Cl. The van der Waals surface area contributed by atoms with E-state index in [0.29, 0.717) is 5.56 Å². The average molecular weight is 242 g/mol. The minimum atomic E-state index is -0.429. The van der Waals surface area contributed by atoms with Crippen molar-refractivity contribution in [2.24, 2.45) is 5.73 Å². The van der Waals surface area contributed by atoms with E-state index in [-0.39, 0.29) is 11.1 Å². The van der Waals surface area contributed by atoms with Crippen molar-refractivity contribution in [3.63, 3.8) is 0 Å². The molecule has 0 saturated heterocycles. The fourth-order valence-electron chi connectivity index (χ4n) is 1.38. The van der Waals surface area contributed by atoms with E-state index >= 15 is 0 Å². The maximum atomic E-state index is 13.2. The number of benzene rings is 1. The molecule has 0 aliphatic carbocycles. The Hall–Kier alpha value is -0.900. The van der Waals surface area contributed by atoms with Gasteiger partial charge in [-0.05, 0) is 23.1 Å². The fourth-order valence-corrected chi connectivity index (χ4v) is 2.37. The zero-order valence-electron chi connectivity index (χ0n) is 7.78. The predicted molar refractivity (Wildman–Crippen MR) is 61.8 cm³/mol. The Balaban J connectivity index is 2.42. The Morgan fingerprint density at radius 2 is 2.07 bits per heavy atom. The molecule has 4 heteroatoms. The molecule has 1 heterocycles. The zero-order valence-corrected chi connectivity index (χ0v) is 9.36. The van der Waals surface area contributed by atoms with Crippen LogP contribution in [-0.2, 0) is 0 Å². The van der Waals surface area contributed by atoms with Crippen molar-refractivity contribution in [3.8, 4) is 0 Å². The van der Waals surface area contributed by atoms with Crippen molar-refractivity contribution in [2.45, 2.75) is 6.04 Å². The van der Waals surface area contributed by atoms with E-state index < -0.39 is 5.82 Å². The van der Waals surface area contributed by atoms with Crippen LogP contribution < -0.4 is 5.73 Å². The molecule has 0 aliphatic rings. The summed E-state index contributed by atoms with van der Waals surface area (Å²) < 4.78 is 13.2. The molecule has 1 aromatic heterocycles. The Bertz CT molecular complexity index is 456. The van der Waals surface area contributed by atoms with Gasteiger partial charge in [0.25, 0.3) is 0 Å². The van der Waals surface area contributed by atoms with Gasteiger partial charge in [-0.3, -0.25) is 0 Å². The van der Waals surface area contributed by atoms with Gasteiger partial charge in [-0.2, -0.15) is 0 Å². The third-order valence-corrected chi connectivity index (χ3v) is 3.52. The van der Waals surface area contributed by atoms with Gasteiger partial charge in [-0.1, -0.05) is 29.8 Å². The summed E-state index contributed by atoms with van der Waals surface area (Å²) in [5.74, 6) is -0.429. The van der Waals surface area contributed by atoms with Gasteiger partial charge in [-0.15, -0.1) is 11.3 Å². The van der Waals surface area contributed by atoms with Crippen LogP contribution in [0.4, 0.5) is 4.39 Å². The lowest BCUT2D eigenvalue weighted by atomic mass is 10.1. The van der Waals surface area contributed by atoms with Gasteiger partial charge in [0.2, 0.25) is 0 Å². The summed E-state index contributed by atoms with van der Waals surface area (Å²) in [7, 11) is 0. The zero-order chi connectivity index (χ0) is 10.8. The number of rotatable bonds is 2. The third-order valence-electron chi connectivity index (χ3n) is 2.17. The minimum Gasteiger partial charge on any atom is -0.320 e.